The first kappa shape index (κ1) is 37.9. The predicted molar refractivity (Wildman–Crippen MR) is 187 cm³/mol. The quantitative estimate of drug-likeness (QED) is 0.208. The Balaban J connectivity index is 1.28. The molecule has 14 heteroatoms. The standard InChI is InChI=1S/C33H47Cl2N3O7S2/c1-3-4-22-44-23-24-45-28-7-9-29(10-8-28)47(42,43)30-14-18-36(19-15-30)16-5-17-38(27-6-11-31(34)32(35)25-27)33(39)26-12-20-37(21-13-26)46(2,40)41/h6-11,25-26,30H,3-5,12-24H2,1-2H3. The number of hydrogen-bond donors (Lipinski definition) is 0. The molecule has 10 nitrogen and oxygen atoms in total. The molecule has 1 amide bonds. The first-order valence-corrected chi connectivity index (χ1v) is 20.5. The van der Waals surface area contributed by atoms with Crippen molar-refractivity contribution >= 4 is 54.7 Å². The average Bonchev–Trinajstić information content (AvgIpc) is 3.06. The number of ether oxygens (including phenoxy) is 2. The van der Waals surface area contributed by atoms with Gasteiger partial charge in [-0.25, -0.2) is 21.1 Å². The van der Waals surface area contributed by atoms with Crippen LogP contribution in [0.3, 0.4) is 0 Å². The summed E-state index contributed by atoms with van der Waals surface area (Å²) in [5.74, 6) is 0.261. The second-order valence-electron chi connectivity index (χ2n) is 12.2. The zero-order valence-corrected chi connectivity index (χ0v) is 30.4. The van der Waals surface area contributed by atoms with Gasteiger partial charge in [-0.1, -0.05) is 36.5 Å². The number of sulfone groups is 1. The van der Waals surface area contributed by atoms with Crippen molar-refractivity contribution in [3.05, 3.63) is 52.5 Å². The molecule has 0 unspecified atom stereocenters. The van der Waals surface area contributed by atoms with Crippen LogP contribution in [-0.4, -0.2) is 103 Å². The van der Waals surface area contributed by atoms with Gasteiger partial charge in [0.1, 0.15) is 12.4 Å². The number of sulfonamides is 1. The summed E-state index contributed by atoms with van der Waals surface area (Å²) in [7, 11) is -6.77. The molecule has 2 aromatic rings. The Hall–Kier alpha value is -1.93. The number of carbonyl (C=O) groups is 1. The zero-order chi connectivity index (χ0) is 34.0. The topological polar surface area (TPSA) is 114 Å². The molecule has 0 N–H and O–H groups in total. The van der Waals surface area contributed by atoms with Gasteiger partial charge in [0.2, 0.25) is 15.9 Å². The van der Waals surface area contributed by atoms with E-state index < -0.39 is 25.1 Å². The molecule has 0 radical (unpaired) electrons. The third kappa shape index (κ3) is 10.8. The third-order valence-corrected chi connectivity index (χ3v) is 13.2. The van der Waals surface area contributed by atoms with E-state index in [-0.39, 0.29) is 11.8 Å². The number of halogens is 2. The number of likely N-dealkylation sites (tertiary alicyclic amines) is 1. The summed E-state index contributed by atoms with van der Waals surface area (Å²) in [5, 5.41) is 0.297. The van der Waals surface area contributed by atoms with Crippen molar-refractivity contribution in [1.82, 2.24) is 9.21 Å². The lowest BCUT2D eigenvalue weighted by atomic mass is 9.96. The molecule has 2 aliphatic heterocycles. The van der Waals surface area contributed by atoms with Gasteiger partial charge >= 0.3 is 0 Å². The second-order valence-corrected chi connectivity index (χ2v) is 17.3. The van der Waals surface area contributed by atoms with Gasteiger partial charge in [0.05, 0.1) is 33.1 Å². The highest BCUT2D eigenvalue weighted by molar-refractivity contribution is 7.92. The van der Waals surface area contributed by atoms with Crippen LogP contribution in [0.25, 0.3) is 0 Å². The third-order valence-electron chi connectivity index (χ3n) is 8.87. The van der Waals surface area contributed by atoms with E-state index in [1.165, 1.54) is 10.6 Å². The van der Waals surface area contributed by atoms with Gasteiger partial charge in [-0.3, -0.25) is 4.79 Å². The van der Waals surface area contributed by atoms with E-state index in [4.69, 9.17) is 32.7 Å². The van der Waals surface area contributed by atoms with Gasteiger partial charge in [-0.2, -0.15) is 0 Å². The largest absolute Gasteiger partial charge is 0.491 e. The smallest absolute Gasteiger partial charge is 0.230 e. The van der Waals surface area contributed by atoms with Gasteiger partial charge < -0.3 is 19.3 Å². The molecule has 47 heavy (non-hydrogen) atoms. The molecule has 0 bridgehead atoms. The van der Waals surface area contributed by atoms with Crippen LogP contribution < -0.4 is 9.64 Å². The number of piperidine rings is 2. The first-order valence-electron chi connectivity index (χ1n) is 16.4. The predicted octanol–water partition coefficient (Wildman–Crippen LogP) is 5.52. The molecule has 0 spiro atoms. The lowest BCUT2D eigenvalue weighted by Gasteiger charge is -2.34. The number of benzene rings is 2. The SMILES string of the molecule is CCCCOCCOc1ccc(S(=O)(=O)C2CCN(CCCN(C(=O)C3CCN(S(C)(=O)=O)CC3)c3ccc(Cl)c(Cl)c3)CC2)cc1. The summed E-state index contributed by atoms with van der Waals surface area (Å²) in [6.07, 6.45) is 5.94. The van der Waals surface area contributed by atoms with Crippen LogP contribution in [0.5, 0.6) is 5.75 Å². The molecule has 0 saturated carbocycles. The van der Waals surface area contributed by atoms with Gasteiger partial charge in [-0.05, 0) is 101 Å². The van der Waals surface area contributed by atoms with Crippen LogP contribution in [0.1, 0.15) is 51.9 Å². The van der Waals surface area contributed by atoms with Crippen LogP contribution in [0.2, 0.25) is 10.0 Å². The number of nitrogens with zero attached hydrogens (tertiary/aromatic N) is 3. The van der Waals surface area contributed by atoms with Crippen molar-refractivity contribution in [2.45, 2.75) is 62.0 Å². The second kappa shape index (κ2) is 17.6. The van der Waals surface area contributed by atoms with E-state index in [1.54, 1.807) is 47.4 Å². The Morgan fingerprint density at radius 2 is 1.55 bits per heavy atom. The molecule has 0 atom stereocenters. The molecule has 2 saturated heterocycles. The molecule has 4 rings (SSSR count). The van der Waals surface area contributed by atoms with Crippen LogP contribution >= 0.6 is 23.2 Å². The molecule has 0 aliphatic carbocycles. The van der Waals surface area contributed by atoms with Crippen molar-refractivity contribution in [3.63, 3.8) is 0 Å². The van der Waals surface area contributed by atoms with E-state index in [9.17, 15) is 21.6 Å². The van der Waals surface area contributed by atoms with Gasteiger partial charge in [-0.15, -0.1) is 0 Å². The Morgan fingerprint density at radius 3 is 2.17 bits per heavy atom. The number of anilines is 1. The maximum Gasteiger partial charge on any atom is 0.230 e. The lowest BCUT2D eigenvalue weighted by Crippen LogP contribution is -2.45. The summed E-state index contributed by atoms with van der Waals surface area (Å²) in [6, 6.07) is 11.8. The fourth-order valence-electron chi connectivity index (χ4n) is 6.05. The van der Waals surface area contributed by atoms with Gasteiger partial charge in [0.15, 0.2) is 9.84 Å². The average molecular weight is 733 g/mol. The summed E-state index contributed by atoms with van der Waals surface area (Å²) < 4.78 is 63.3. The number of hydrogen-bond acceptors (Lipinski definition) is 8. The zero-order valence-electron chi connectivity index (χ0n) is 27.3. The molecule has 2 aromatic carbocycles. The monoisotopic (exact) mass is 731 g/mol. The summed E-state index contributed by atoms with van der Waals surface area (Å²) >= 11 is 12.5. The maximum atomic E-state index is 13.7. The Labute approximate surface area is 290 Å². The molecular formula is C33H47Cl2N3O7S2. The molecule has 2 aliphatic rings. The summed E-state index contributed by atoms with van der Waals surface area (Å²) in [4.78, 5) is 18.0. The normalized spacial score (nSPS) is 17.5. The van der Waals surface area contributed by atoms with Crippen molar-refractivity contribution in [3.8, 4) is 5.75 Å². The van der Waals surface area contributed by atoms with Crippen LogP contribution in [-0.2, 0) is 29.4 Å². The minimum Gasteiger partial charge on any atom is -0.491 e. The Bertz CT molecular complexity index is 1530. The van der Waals surface area contributed by atoms with Crippen LogP contribution in [0.4, 0.5) is 5.69 Å². The molecule has 0 aromatic heterocycles. The highest BCUT2D eigenvalue weighted by atomic mass is 35.5. The van der Waals surface area contributed by atoms with Gasteiger partial charge in [0.25, 0.3) is 0 Å². The van der Waals surface area contributed by atoms with E-state index in [0.717, 1.165) is 12.8 Å². The van der Waals surface area contributed by atoms with E-state index in [0.29, 0.717) is 118 Å². The van der Waals surface area contributed by atoms with Crippen molar-refractivity contribution in [2.24, 2.45) is 5.92 Å². The Morgan fingerprint density at radius 1 is 0.872 bits per heavy atom. The van der Waals surface area contributed by atoms with E-state index in [2.05, 4.69) is 11.8 Å². The number of rotatable bonds is 16. The number of carbonyl (C=O) groups excluding carboxylic acids is 1. The van der Waals surface area contributed by atoms with Gasteiger partial charge in [0, 0.05) is 37.8 Å². The van der Waals surface area contributed by atoms with Crippen molar-refractivity contribution in [1.29, 1.82) is 0 Å². The fourth-order valence-corrected chi connectivity index (χ4v) is 8.95. The minimum absolute atomic E-state index is 0.0573. The molecule has 2 fully saturated rings. The van der Waals surface area contributed by atoms with Crippen molar-refractivity contribution in [2.75, 3.05) is 70.2 Å². The highest BCUT2D eigenvalue weighted by Crippen LogP contribution is 2.31. The minimum atomic E-state index is -3.48. The van der Waals surface area contributed by atoms with Crippen LogP contribution in [0, 0.1) is 5.92 Å². The first-order chi connectivity index (χ1) is 22.4. The molecule has 2 heterocycles. The van der Waals surface area contributed by atoms with Crippen molar-refractivity contribution < 1.29 is 31.1 Å². The molecular weight excluding hydrogens is 685 g/mol. The number of unbranched alkanes of at least 4 members (excludes halogenated alkanes) is 1. The fraction of sp³-hybridized carbons (Fsp3) is 0.606. The maximum absolute atomic E-state index is 13.7. The molecule has 262 valence electrons. The summed E-state index contributed by atoms with van der Waals surface area (Å²) in [5.41, 5.74) is 0.650. The van der Waals surface area contributed by atoms with E-state index in [1.807, 2.05) is 0 Å². The summed E-state index contributed by atoms with van der Waals surface area (Å²) in [6.45, 7) is 6.81. The number of amides is 1. The lowest BCUT2D eigenvalue weighted by molar-refractivity contribution is -0.123. The van der Waals surface area contributed by atoms with E-state index >= 15 is 0 Å². The highest BCUT2D eigenvalue weighted by Gasteiger charge is 2.33. The van der Waals surface area contributed by atoms with Crippen LogP contribution in [0.15, 0.2) is 47.4 Å². The Kier molecular flexibility index (Phi) is 14.2.